The highest BCUT2D eigenvalue weighted by molar-refractivity contribution is 6.32. The number of ketones is 1. The van der Waals surface area contributed by atoms with Crippen molar-refractivity contribution in [2.24, 2.45) is 0 Å². The van der Waals surface area contributed by atoms with Crippen molar-refractivity contribution in [3.63, 3.8) is 0 Å². The molecule has 0 bridgehead atoms. The molecule has 1 amide bonds. The molecular formula is C24H23ClN2O6. The number of ether oxygens (including phenoxy) is 2. The third-order valence-electron chi connectivity index (χ3n) is 6.06. The maximum atomic E-state index is 13.3. The fourth-order valence-electron chi connectivity index (χ4n) is 4.58. The topological polar surface area (TPSA) is 108 Å². The smallest absolute Gasteiger partial charge is 0.288 e. The van der Waals surface area contributed by atoms with E-state index in [-0.39, 0.29) is 41.2 Å². The van der Waals surface area contributed by atoms with Gasteiger partial charge in [-0.1, -0.05) is 23.7 Å². The fourth-order valence-corrected chi connectivity index (χ4v) is 4.77. The molecule has 2 aliphatic rings. The number of hydrogen-bond donors (Lipinski definition) is 1. The number of rotatable bonds is 6. The van der Waals surface area contributed by atoms with Gasteiger partial charge in [0.1, 0.15) is 5.02 Å². The molecule has 33 heavy (non-hydrogen) atoms. The number of carbonyl (C=O) groups excluding carboxylic acids is 2. The average molecular weight is 471 g/mol. The molecule has 4 rings (SSSR count). The highest BCUT2D eigenvalue weighted by atomic mass is 35.5. The molecule has 8 nitrogen and oxygen atoms in total. The largest absolute Gasteiger partial charge is 0.493 e. The quantitative estimate of drug-likeness (QED) is 0.486. The number of nitrogens with zero attached hydrogens (tertiary/aromatic N) is 1. The minimum atomic E-state index is -0.567. The van der Waals surface area contributed by atoms with Crippen LogP contribution in [-0.2, 0) is 9.59 Å². The van der Waals surface area contributed by atoms with Gasteiger partial charge in [0, 0.05) is 36.1 Å². The Hall–Kier alpha value is -3.39. The van der Waals surface area contributed by atoms with Crippen LogP contribution in [0.1, 0.15) is 49.1 Å². The third kappa shape index (κ3) is 4.43. The Morgan fingerprint density at radius 2 is 1.85 bits per heavy atom. The first-order chi connectivity index (χ1) is 15.8. The molecule has 1 aliphatic heterocycles. The molecule has 0 saturated carbocycles. The minimum Gasteiger partial charge on any atom is -0.493 e. The number of nitro benzene ring substituents is 1. The number of nitrogens with one attached hydrogen (secondary N) is 1. The molecule has 2 unspecified atom stereocenters. The van der Waals surface area contributed by atoms with Gasteiger partial charge >= 0.3 is 0 Å². The Balaban J connectivity index is 1.69. The summed E-state index contributed by atoms with van der Waals surface area (Å²) in [6, 6.07) is 10.0. The molecule has 0 spiro atoms. The Kier molecular flexibility index (Phi) is 6.37. The number of allylic oxidation sites excluding steroid dienone is 2. The molecule has 0 fully saturated rings. The molecular weight excluding hydrogens is 448 g/mol. The lowest BCUT2D eigenvalue weighted by molar-refractivity contribution is -0.384. The molecule has 2 atom stereocenters. The van der Waals surface area contributed by atoms with E-state index in [0.29, 0.717) is 41.4 Å². The summed E-state index contributed by atoms with van der Waals surface area (Å²) >= 11 is 5.95. The van der Waals surface area contributed by atoms with E-state index in [1.165, 1.54) is 12.1 Å². The van der Waals surface area contributed by atoms with E-state index >= 15 is 0 Å². The van der Waals surface area contributed by atoms with Crippen LogP contribution in [0, 0.1) is 10.1 Å². The van der Waals surface area contributed by atoms with Gasteiger partial charge in [0.25, 0.3) is 5.69 Å². The Morgan fingerprint density at radius 3 is 2.55 bits per heavy atom. The second kappa shape index (κ2) is 9.23. The lowest BCUT2D eigenvalue weighted by Gasteiger charge is -2.34. The lowest BCUT2D eigenvalue weighted by atomic mass is 9.73. The molecule has 0 saturated heterocycles. The van der Waals surface area contributed by atoms with Gasteiger partial charge in [0.2, 0.25) is 5.91 Å². The standard InChI is InChI=1S/C24H23ClN2O6/c1-3-33-21-7-5-13(11-22(21)32-2)15-8-18-24(20(28)10-15)16(12-23(29)26-18)14-4-6-17(25)19(9-14)27(30)31/h4-7,9,11,15-16H,3,8,10,12H2,1-2H3,(H,26,29). The van der Waals surface area contributed by atoms with E-state index in [1.54, 1.807) is 13.2 Å². The van der Waals surface area contributed by atoms with Crippen LogP contribution >= 0.6 is 11.6 Å². The number of carbonyl (C=O) groups is 2. The van der Waals surface area contributed by atoms with Crippen LogP contribution in [-0.4, -0.2) is 30.3 Å². The van der Waals surface area contributed by atoms with Crippen LogP contribution < -0.4 is 14.8 Å². The number of Topliss-reactive ketones (excluding diaryl/α,β-unsaturated/α-hetero) is 1. The molecule has 1 aliphatic carbocycles. The van der Waals surface area contributed by atoms with Gasteiger partial charge in [0.15, 0.2) is 17.3 Å². The van der Waals surface area contributed by atoms with Gasteiger partial charge in [-0.05, 0) is 48.6 Å². The van der Waals surface area contributed by atoms with Gasteiger partial charge < -0.3 is 14.8 Å². The van der Waals surface area contributed by atoms with Crippen molar-refractivity contribution in [2.45, 2.75) is 38.0 Å². The summed E-state index contributed by atoms with van der Waals surface area (Å²) in [5.74, 6) is 0.208. The summed E-state index contributed by atoms with van der Waals surface area (Å²) in [4.78, 5) is 36.6. The second-order valence-corrected chi connectivity index (χ2v) is 8.44. The first-order valence-corrected chi connectivity index (χ1v) is 11.0. The van der Waals surface area contributed by atoms with Gasteiger partial charge in [-0.3, -0.25) is 19.7 Å². The van der Waals surface area contributed by atoms with Crippen LogP contribution in [0.5, 0.6) is 11.5 Å². The second-order valence-electron chi connectivity index (χ2n) is 8.04. The summed E-state index contributed by atoms with van der Waals surface area (Å²) in [6.45, 7) is 2.39. The van der Waals surface area contributed by atoms with Gasteiger partial charge in [0.05, 0.1) is 18.6 Å². The summed E-state index contributed by atoms with van der Waals surface area (Å²) in [7, 11) is 1.56. The monoisotopic (exact) mass is 470 g/mol. The first kappa shape index (κ1) is 22.8. The maximum absolute atomic E-state index is 13.3. The Bertz CT molecular complexity index is 1180. The molecule has 1 heterocycles. The first-order valence-electron chi connectivity index (χ1n) is 10.6. The van der Waals surface area contributed by atoms with Crippen molar-refractivity contribution in [1.29, 1.82) is 0 Å². The zero-order valence-electron chi connectivity index (χ0n) is 18.2. The molecule has 2 aromatic carbocycles. The van der Waals surface area contributed by atoms with Crippen molar-refractivity contribution < 1.29 is 24.0 Å². The number of benzene rings is 2. The molecule has 9 heteroatoms. The zero-order chi connectivity index (χ0) is 23.7. The van der Waals surface area contributed by atoms with Crippen molar-refractivity contribution in [1.82, 2.24) is 5.32 Å². The van der Waals surface area contributed by atoms with Crippen LogP contribution in [0.3, 0.4) is 0 Å². The van der Waals surface area contributed by atoms with Crippen LogP contribution in [0.15, 0.2) is 47.7 Å². The van der Waals surface area contributed by atoms with E-state index in [0.717, 1.165) is 5.56 Å². The van der Waals surface area contributed by atoms with Crippen LogP contribution in [0.25, 0.3) is 0 Å². The highest BCUT2D eigenvalue weighted by Crippen LogP contribution is 2.44. The molecule has 2 aromatic rings. The third-order valence-corrected chi connectivity index (χ3v) is 6.38. The molecule has 172 valence electrons. The minimum absolute atomic E-state index is 0.0118. The van der Waals surface area contributed by atoms with Gasteiger partial charge in [-0.15, -0.1) is 0 Å². The van der Waals surface area contributed by atoms with E-state index < -0.39 is 10.8 Å². The SMILES string of the molecule is CCOc1ccc(C2CC(=O)C3=C(C2)NC(=O)CC3c2ccc(Cl)c([N+](=O)[O-])c2)cc1OC. The predicted octanol–water partition coefficient (Wildman–Crippen LogP) is 4.66. The summed E-state index contributed by atoms with van der Waals surface area (Å²) in [5.41, 5.74) is 2.28. The number of methoxy groups -OCH3 is 1. The number of nitro groups is 1. The normalized spacial score (nSPS) is 20.2. The van der Waals surface area contributed by atoms with Crippen LogP contribution in [0.2, 0.25) is 5.02 Å². The summed E-state index contributed by atoms with van der Waals surface area (Å²) < 4.78 is 11.0. The van der Waals surface area contributed by atoms with Crippen molar-refractivity contribution in [3.05, 3.63) is 73.9 Å². The van der Waals surface area contributed by atoms with Crippen molar-refractivity contribution in [2.75, 3.05) is 13.7 Å². The fraction of sp³-hybridized carbons (Fsp3) is 0.333. The molecule has 1 N–H and O–H groups in total. The Morgan fingerprint density at radius 1 is 1.09 bits per heavy atom. The lowest BCUT2D eigenvalue weighted by Crippen LogP contribution is -2.38. The Labute approximate surface area is 195 Å². The number of amides is 1. The number of halogens is 1. The molecule has 0 radical (unpaired) electrons. The maximum Gasteiger partial charge on any atom is 0.288 e. The van der Waals surface area contributed by atoms with Crippen molar-refractivity contribution in [3.8, 4) is 11.5 Å². The van der Waals surface area contributed by atoms with Gasteiger partial charge in [-0.25, -0.2) is 0 Å². The zero-order valence-corrected chi connectivity index (χ0v) is 19.0. The van der Waals surface area contributed by atoms with E-state index in [4.69, 9.17) is 21.1 Å². The van der Waals surface area contributed by atoms with Crippen LogP contribution in [0.4, 0.5) is 5.69 Å². The van der Waals surface area contributed by atoms with E-state index in [1.807, 2.05) is 25.1 Å². The van der Waals surface area contributed by atoms with E-state index in [2.05, 4.69) is 5.32 Å². The number of hydrogen-bond acceptors (Lipinski definition) is 6. The molecule has 0 aromatic heterocycles. The highest BCUT2D eigenvalue weighted by Gasteiger charge is 2.39. The van der Waals surface area contributed by atoms with Crippen molar-refractivity contribution >= 4 is 29.0 Å². The predicted molar refractivity (Wildman–Crippen MR) is 122 cm³/mol. The summed E-state index contributed by atoms with van der Waals surface area (Å²) in [5, 5.41) is 14.2. The average Bonchev–Trinajstić information content (AvgIpc) is 2.78. The summed E-state index contributed by atoms with van der Waals surface area (Å²) in [6.07, 6.45) is 0.777. The van der Waals surface area contributed by atoms with Gasteiger partial charge in [-0.2, -0.15) is 0 Å². The van der Waals surface area contributed by atoms with E-state index in [9.17, 15) is 19.7 Å².